The first-order valence-electron chi connectivity index (χ1n) is 6.24. The summed E-state index contributed by atoms with van der Waals surface area (Å²) in [6.45, 7) is 2.70. The van der Waals surface area contributed by atoms with Crippen LogP contribution in [0.1, 0.15) is 20.3 Å². The van der Waals surface area contributed by atoms with Gasteiger partial charge in [-0.3, -0.25) is 4.90 Å². The molecular weight excluding hydrogens is 304 g/mol. The van der Waals surface area contributed by atoms with E-state index in [-0.39, 0.29) is 4.90 Å². The summed E-state index contributed by atoms with van der Waals surface area (Å²) < 4.78 is 84.5. The van der Waals surface area contributed by atoms with E-state index >= 15 is 0 Å². The molecule has 1 aliphatic carbocycles. The van der Waals surface area contributed by atoms with Gasteiger partial charge in [0.25, 0.3) is 0 Å². The minimum atomic E-state index is -5.65. The largest absolute Gasteiger partial charge is 0.447 e. The van der Waals surface area contributed by atoms with Gasteiger partial charge in [0.1, 0.15) is 0 Å². The Morgan fingerprint density at radius 3 is 2.14 bits per heavy atom. The van der Waals surface area contributed by atoms with Crippen LogP contribution in [0.2, 0.25) is 0 Å². The van der Waals surface area contributed by atoms with Gasteiger partial charge in [-0.1, -0.05) is 12.2 Å². The molecule has 0 aromatic carbocycles. The molecule has 1 aliphatic heterocycles. The van der Waals surface area contributed by atoms with E-state index in [1.807, 2.05) is 0 Å². The summed E-state index contributed by atoms with van der Waals surface area (Å²) in [5, 5.41) is 0. The Balaban J connectivity index is 2.56. The number of fused-ring (bicyclic) bond motifs is 2. The molecule has 2 aliphatic rings. The lowest BCUT2D eigenvalue weighted by Gasteiger charge is -2.45. The maximum atomic E-state index is 13.3. The third-order valence-corrected chi connectivity index (χ3v) is 3.71. The van der Waals surface area contributed by atoms with Crippen LogP contribution in [0.3, 0.4) is 0 Å². The van der Waals surface area contributed by atoms with Gasteiger partial charge in [-0.25, -0.2) is 4.79 Å². The zero-order valence-electron chi connectivity index (χ0n) is 11.1. The summed E-state index contributed by atoms with van der Waals surface area (Å²) in [6.07, 6.45) is -12.1. The van der Waals surface area contributed by atoms with Crippen LogP contribution in [0, 0.1) is 5.92 Å². The van der Waals surface area contributed by atoms with Crippen LogP contribution in [-0.2, 0) is 4.74 Å². The van der Waals surface area contributed by atoms with E-state index in [1.54, 1.807) is 0 Å². The number of carbonyl (C=O) groups is 1. The average Bonchev–Trinajstić information content (AvgIpc) is 2.82. The monoisotopic (exact) mass is 317 g/mol. The predicted octanol–water partition coefficient (Wildman–Crippen LogP) is 3.66. The maximum Gasteiger partial charge on any atom is 0.421 e. The number of rotatable bonds is 1. The van der Waals surface area contributed by atoms with Crippen molar-refractivity contribution in [1.29, 1.82) is 0 Å². The first-order valence-corrected chi connectivity index (χ1v) is 6.24. The van der Waals surface area contributed by atoms with E-state index < -0.39 is 48.5 Å². The lowest BCUT2D eigenvalue weighted by Crippen LogP contribution is -2.70. The molecule has 0 aromatic heterocycles. The van der Waals surface area contributed by atoms with Crippen molar-refractivity contribution in [3.8, 4) is 0 Å². The van der Waals surface area contributed by atoms with Gasteiger partial charge in [0.2, 0.25) is 5.54 Å². The number of hydrogen-bond acceptors (Lipinski definition) is 2. The number of halogens is 6. The van der Waals surface area contributed by atoms with E-state index in [0.29, 0.717) is 0 Å². The molecule has 0 radical (unpaired) electrons. The van der Waals surface area contributed by atoms with Gasteiger partial charge in [-0.2, -0.15) is 26.3 Å². The van der Waals surface area contributed by atoms with E-state index in [0.717, 1.165) is 6.08 Å². The van der Waals surface area contributed by atoms with E-state index in [9.17, 15) is 31.1 Å². The molecule has 2 bridgehead atoms. The van der Waals surface area contributed by atoms with Crippen LogP contribution >= 0.6 is 0 Å². The fourth-order valence-corrected chi connectivity index (χ4v) is 3.01. The minimum absolute atomic E-state index is 0.197. The van der Waals surface area contributed by atoms with Gasteiger partial charge >= 0.3 is 18.4 Å². The summed E-state index contributed by atoms with van der Waals surface area (Å²) in [6, 6.07) is -1.26. The van der Waals surface area contributed by atoms with Crippen molar-refractivity contribution in [3.63, 3.8) is 0 Å². The lowest BCUT2D eigenvalue weighted by molar-refractivity contribution is -0.338. The zero-order chi connectivity index (χ0) is 16.2. The fourth-order valence-electron chi connectivity index (χ4n) is 3.01. The van der Waals surface area contributed by atoms with Gasteiger partial charge in [-0.15, -0.1) is 0 Å². The number of carbonyl (C=O) groups excluding carboxylic acids is 1. The molecule has 1 fully saturated rings. The highest BCUT2D eigenvalue weighted by atomic mass is 19.4. The first-order chi connectivity index (χ1) is 9.43. The summed E-state index contributed by atoms with van der Waals surface area (Å²) in [7, 11) is 0. The fraction of sp³-hybridized carbons (Fsp3) is 0.750. The molecule has 0 saturated carbocycles. The van der Waals surface area contributed by atoms with Crippen molar-refractivity contribution in [2.24, 2.45) is 5.92 Å². The van der Waals surface area contributed by atoms with Gasteiger partial charge in [0, 0.05) is 5.92 Å². The highest BCUT2D eigenvalue weighted by molar-refractivity contribution is 5.72. The molecule has 21 heavy (non-hydrogen) atoms. The van der Waals surface area contributed by atoms with Gasteiger partial charge in [0.15, 0.2) is 0 Å². The van der Waals surface area contributed by atoms with Crippen LogP contribution in [-0.4, -0.2) is 41.0 Å². The van der Waals surface area contributed by atoms with Crippen LogP contribution in [0.4, 0.5) is 31.1 Å². The molecule has 2 atom stereocenters. The molecule has 1 saturated heterocycles. The van der Waals surface area contributed by atoms with Crippen LogP contribution in [0.15, 0.2) is 12.2 Å². The van der Waals surface area contributed by atoms with E-state index in [2.05, 4.69) is 4.74 Å². The van der Waals surface area contributed by atoms with Gasteiger partial charge in [0.05, 0.1) is 12.1 Å². The van der Waals surface area contributed by atoms with E-state index in [1.165, 1.54) is 19.9 Å². The number of hydrogen-bond donors (Lipinski definition) is 0. The van der Waals surface area contributed by atoms with Crippen LogP contribution in [0.25, 0.3) is 0 Å². The zero-order valence-corrected chi connectivity index (χ0v) is 11.1. The highest BCUT2D eigenvalue weighted by Crippen LogP contribution is 2.60. The molecule has 9 heteroatoms. The molecular formula is C12H13F6NO2. The SMILES string of the molecule is CC(C)OC(=O)N1[C@H]2C=C[C@H](C2)C1(C(F)(F)F)C(F)(F)F. The number of ether oxygens (including phenoxy) is 1. The Hall–Kier alpha value is -1.41. The predicted molar refractivity (Wildman–Crippen MR) is 59.3 cm³/mol. The second-order valence-corrected chi connectivity index (χ2v) is 5.36. The summed E-state index contributed by atoms with van der Waals surface area (Å²) in [5.74, 6) is -1.85. The molecule has 0 aromatic rings. The molecule has 3 nitrogen and oxygen atoms in total. The third-order valence-electron chi connectivity index (χ3n) is 3.71. The van der Waals surface area contributed by atoms with Crippen molar-refractivity contribution < 1.29 is 35.9 Å². The smallest absolute Gasteiger partial charge is 0.421 e. The first kappa shape index (κ1) is 16.0. The Kier molecular flexibility index (Phi) is 3.45. The summed E-state index contributed by atoms with van der Waals surface area (Å²) in [4.78, 5) is 11.6. The van der Waals surface area contributed by atoms with E-state index in [4.69, 9.17) is 0 Å². The molecule has 2 rings (SSSR count). The standard InChI is InChI=1S/C12H13F6NO2/c1-6(2)21-9(20)19-8-4-3-7(5-8)10(19,11(13,14)15)12(16,17)18/h3-4,6-8H,5H2,1-2H3/t7-,8+/m1/s1. The van der Waals surface area contributed by atoms with Gasteiger partial charge < -0.3 is 4.74 Å². The Labute approximate surface area is 116 Å². The Morgan fingerprint density at radius 2 is 1.71 bits per heavy atom. The molecule has 0 unspecified atom stereocenters. The van der Waals surface area contributed by atoms with Crippen molar-refractivity contribution in [2.75, 3.05) is 0 Å². The highest BCUT2D eigenvalue weighted by Gasteiger charge is 2.82. The number of amides is 1. The maximum absolute atomic E-state index is 13.3. The van der Waals surface area contributed by atoms with Crippen molar-refractivity contribution >= 4 is 6.09 Å². The Bertz CT molecular complexity index is 453. The molecule has 0 spiro atoms. The number of likely N-dealkylation sites (tertiary alicyclic amines) is 1. The second-order valence-electron chi connectivity index (χ2n) is 5.36. The molecule has 0 N–H and O–H groups in total. The Morgan fingerprint density at radius 1 is 1.19 bits per heavy atom. The number of alkyl halides is 6. The summed E-state index contributed by atoms with van der Waals surface area (Å²) >= 11 is 0. The molecule has 1 amide bonds. The average molecular weight is 317 g/mol. The normalized spacial score (nSPS) is 27.6. The molecule has 1 heterocycles. The van der Waals surface area contributed by atoms with Crippen LogP contribution < -0.4 is 0 Å². The quantitative estimate of drug-likeness (QED) is 0.546. The topological polar surface area (TPSA) is 29.5 Å². The minimum Gasteiger partial charge on any atom is -0.447 e. The summed E-state index contributed by atoms with van der Waals surface area (Å²) in [5.41, 5.74) is -4.22. The van der Waals surface area contributed by atoms with Crippen LogP contribution in [0.5, 0.6) is 0 Å². The van der Waals surface area contributed by atoms with Crippen molar-refractivity contribution in [1.82, 2.24) is 4.90 Å². The van der Waals surface area contributed by atoms with Crippen molar-refractivity contribution in [2.45, 2.75) is 50.3 Å². The third kappa shape index (κ3) is 2.08. The lowest BCUT2D eigenvalue weighted by atomic mass is 9.83. The second kappa shape index (κ2) is 4.54. The number of nitrogens with zero attached hydrogens (tertiary/aromatic N) is 1. The molecule has 120 valence electrons. The van der Waals surface area contributed by atoms with Gasteiger partial charge in [-0.05, 0) is 20.3 Å². The van der Waals surface area contributed by atoms with Crippen molar-refractivity contribution in [3.05, 3.63) is 12.2 Å².